The number of methoxy groups -OCH3 is 1. The number of rotatable bonds is 4. The molecule has 24 heavy (non-hydrogen) atoms. The van der Waals surface area contributed by atoms with E-state index in [0.717, 1.165) is 0 Å². The Morgan fingerprint density at radius 2 is 1.96 bits per heavy atom. The topological polar surface area (TPSA) is 92.1 Å². The average molecular weight is 324 g/mol. The molecule has 0 aliphatic rings. The molecule has 3 rings (SSSR count). The van der Waals surface area contributed by atoms with Crippen LogP contribution >= 0.6 is 0 Å². The summed E-state index contributed by atoms with van der Waals surface area (Å²) in [6, 6.07) is 10.3. The Hall–Kier alpha value is -3.35. The Balaban J connectivity index is 2.47. The van der Waals surface area contributed by atoms with Crippen molar-refractivity contribution in [3.8, 4) is 22.7 Å². The van der Waals surface area contributed by atoms with E-state index in [1.807, 2.05) is 18.2 Å². The van der Waals surface area contributed by atoms with Crippen molar-refractivity contribution in [2.45, 2.75) is 0 Å². The summed E-state index contributed by atoms with van der Waals surface area (Å²) in [6.45, 7) is 0. The average Bonchev–Trinajstić information content (AvgIpc) is 3.00. The van der Waals surface area contributed by atoms with E-state index in [1.54, 1.807) is 36.3 Å². The Labute approximate surface area is 137 Å². The number of nitrogens with two attached hydrogens (primary N) is 1. The van der Waals surface area contributed by atoms with Gasteiger partial charge in [0.05, 0.1) is 24.7 Å². The maximum Gasteiger partial charge on any atom is 0.259 e. The van der Waals surface area contributed by atoms with Crippen LogP contribution in [0.5, 0.6) is 5.75 Å². The number of pyridine rings is 1. The van der Waals surface area contributed by atoms with Crippen LogP contribution in [0.2, 0.25) is 0 Å². The maximum absolute atomic E-state index is 12.7. The zero-order valence-corrected chi connectivity index (χ0v) is 13.3. The highest BCUT2D eigenvalue weighted by Gasteiger charge is 2.23. The van der Waals surface area contributed by atoms with Crippen molar-refractivity contribution in [3.63, 3.8) is 0 Å². The van der Waals surface area contributed by atoms with Gasteiger partial charge >= 0.3 is 0 Å². The molecule has 0 spiro atoms. The van der Waals surface area contributed by atoms with Gasteiger partial charge in [-0.2, -0.15) is 5.10 Å². The smallest absolute Gasteiger partial charge is 0.259 e. The lowest BCUT2D eigenvalue weighted by molar-refractivity contribution is 0.0997. The normalized spacial score (nSPS) is 10.6. The summed E-state index contributed by atoms with van der Waals surface area (Å²) in [5, 5.41) is 4.10. The molecule has 0 unspecified atom stereocenters. The fourth-order valence-corrected chi connectivity index (χ4v) is 2.64. The summed E-state index contributed by atoms with van der Waals surface area (Å²) in [7, 11) is 3.14. The van der Waals surface area contributed by atoms with Crippen molar-refractivity contribution < 1.29 is 9.53 Å². The Morgan fingerprint density at radius 3 is 2.50 bits per heavy atom. The molecule has 0 radical (unpaired) electrons. The summed E-state index contributed by atoms with van der Waals surface area (Å²) < 4.78 is 8.19. The zero-order valence-electron chi connectivity index (χ0n) is 13.3. The minimum atomic E-state index is -0.677. The van der Waals surface area contributed by atoms with E-state index in [9.17, 15) is 9.59 Å². The van der Waals surface area contributed by atoms with Gasteiger partial charge in [0.15, 0.2) is 0 Å². The van der Waals surface area contributed by atoms with E-state index < -0.39 is 5.91 Å². The zero-order chi connectivity index (χ0) is 17.3. The molecule has 0 aliphatic heterocycles. The van der Waals surface area contributed by atoms with Crippen LogP contribution in [0, 0.1) is 0 Å². The van der Waals surface area contributed by atoms with Gasteiger partial charge in [0.2, 0.25) is 0 Å². The van der Waals surface area contributed by atoms with E-state index >= 15 is 0 Å². The maximum atomic E-state index is 12.7. The van der Waals surface area contributed by atoms with Crippen molar-refractivity contribution in [1.29, 1.82) is 0 Å². The SMILES string of the molecule is COc1cc(=O)n(-c2cnn(C)c2)c(-c2ccccc2)c1C(N)=O. The van der Waals surface area contributed by atoms with E-state index in [4.69, 9.17) is 10.5 Å². The number of aromatic nitrogens is 3. The third kappa shape index (κ3) is 2.56. The molecule has 0 atom stereocenters. The van der Waals surface area contributed by atoms with Crippen molar-refractivity contribution in [2.75, 3.05) is 7.11 Å². The summed E-state index contributed by atoms with van der Waals surface area (Å²) >= 11 is 0. The summed E-state index contributed by atoms with van der Waals surface area (Å²) in [6.07, 6.45) is 3.23. The molecule has 0 saturated heterocycles. The molecule has 1 aromatic carbocycles. The fraction of sp³-hybridized carbons (Fsp3) is 0.118. The summed E-state index contributed by atoms with van der Waals surface area (Å²) in [5.74, 6) is -0.533. The second kappa shape index (κ2) is 6.04. The number of aryl methyl sites for hydroxylation is 1. The molecule has 7 nitrogen and oxygen atoms in total. The van der Waals surface area contributed by atoms with E-state index in [1.165, 1.54) is 17.7 Å². The Morgan fingerprint density at radius 1 is 1.25 bits per heavy atom. The number of hydrogen-bond acceptors (Lipinski definition) is 4. The van der Waals surface area contributed by atoms with Crippen LogP contribution < -0.4 is 16.0 Å². The molecule has 1 amide bonds. The number of carbonyl (C=O) groups excluding carboxylic acids is 1. The number of carbonyl (C=O) groups is 1. The Kier molecular flexibility index (Phi) is 3.91. The van der Waals surface area contributed by atoms with Gasteiger partial charge < -0.3 is 10.5 Å². The minimum absolute atomic E-state index is 0.145. The molecule has 0 bridgehead atoms. The van der Waals surface area contributed by atoms with Crippen LogP contribution in [-0.2, 0) is 7.05 Å². The predicted molar refractivity (Wildman–Crippen MR) is 89.3 cm³/mol. The predicted octanol–water partition coefficient (Wildman–Crippen LogP) is 1.35. The number of amides is 1. The molecule has 0 aliphatic carbocycles. The van der Waals surface area contributed by atoms with E-state index in [2.05, 4.69) is 5.10 Å². The monoisotopic (exact) mass is 324 g/mol. The van der Waals surface area contributed by atoms with Gasteiger partial charge in [-0.3, -0.25) is 18.8 Å². The molecule has 122 valence electrons. The first-order valence-corrected chi connectivity index (χ1v) is 7.21. The third-order valence-electron chi connectivity index (χ3n) is 3.64. The first-order chi connectivity index (χ1) is 11.5. The standard InChI is InChI=1S/C17H16N4O3/c1-20-10-12(9-19-20)21-14(22)8-13(24-2)15(17(18)23)16(21)11-6-4-3-5-7-11/h3-10H,1-2H3,(H2,18,23). The molecule has 0 fully saturated rings. The molecule has 3 aromatic rings. The van der Waals surface area contributed by atoms with Crippen LogP contribution in [0.1, 0.15) is 10.4 Å². The summed E-state index contributed by atoms with van der Waals surface area (Å²) in [5.41, 5.74) is 6.96. The van der Waals surface area contributed by atoms with Crippen molar-refractivity contribution in [2.24, 2.45) is 12.8 Å². The molecule has 2 N–H and O–H groups in total. The lowest BCUT2D eigenvalue weighted by Crippen LogP contribution is -2.25. The highest BCUT2D eigenvalue weighted by Crippen LogP contribution is 2.30. The second-order valence-electron chi connectivity index (χ2n) is 5.21. The minimum Gasteiger partial charge on any atom is -0.496 e. The number of ether oxygens (including phenoxy) is 1. The van der Waals surface area contributed by atoms with Gasteiger partial charge in [0.25, 0.3) is 11.5 Å². The van der Waals surface area contributed by atoms with Crippen LogP contribution in [0.15, 0.2) is 53.6 Å². The summed E-state index contributed by atoms with van der Waals surface area (Å²) in [4.78, 5) is 24.8. The lowest BCUT2D eigenvalue weighted by atomic mass is 10.0. The van der Waals surface area contributed by atoms with Gasteiger partial charge in [-0.25, -0.2) is 0 Å². The lowest BCUT2D eigenvalue weighted by Gasteiger charge is -2.17. The highest BCUT2D eigenvalue weighted by molar-refractivity contribution is 6.02. The molecule has 0 saturated carbocycles. The fourth-order valence-electron chi connectivity index (χ4n) is 2.64. The quantitative estimate of drug-likeness (QED) is 0.784. The molecular formula is C17H16N4O3. The number of primary amides is 1. The first kappa shape index (κ1) is 15.5. The van der Waals surface area contributed by atoms with Crippen LogP contribution in [0.25, 0.3) is 16.9 Å². The van der Waals surface area contributed by atoms with Crippen molar-refractivity contribution >= 4 is 5.91 Å². The highest BCUT2D eigenvalue weighted by atomic mass is 16.5. The molecule has 2 aromatic heterocycles. The molecule has 2 heterocycles. The largest absolute Gasteiger partial charge is 0.496 e. The first-order valence-electron chi connectivity index (χ1n) is 7.21. The van der Waals surface area contributed by atoms with E-state index in [0.29, 0.717) is 16.9 Å². The third-order valence-corrected chi connectivity index (χ3v) is 3.64. The van der Waals surface area contributed by atoms with Crippen LogP contribution in [-0.4, -0.2) is 27.4 Å². The molecule has 7 heteroatoms. The second-order valence-corrected chi connectivity index (χ2v) is 5.21. The van der Waals surface area contributed by atoms with Crippen LogP contribution in [0.4, 0.5) is 0 Å². The Bertz CT molecular complexity index is 958. The van der Waals surface area contributed by atoms with Crippen molar-refractivity contribution in [3.05, 3.63) is 64.7 Å². The van der Waals surface area contributed by atoms with Crippen molar-refractivity contribution in [1.82, 2.24) is 14.3 Å². The van der Waals surface area contributed by atoms with Gasteiger partial charge in [-0.1, -0.05) is 30.3 Å². The van der Waals surface area contributed by atoms with Gasteiger partial charge in [-0.05, 0) is 5.56 Å². The number of hydrogen-bond donors (Lipinski definition) is 1. The van der Waals surface area contributed by atoms with Gasteiger partial charge in [0, 0.05) is 19.3 Å². The number of benzene rings is 1. The van der Waals surface area contributed by atoms with Gasteiger partial charge in [-0.15, -0.1) is 0 Å². The molecular weight excluding hydrogens is 308 g/mol. The van der Waals surface area contributed by atoms with Crippen LogP contribution in [0.3, 0.4) is 0 Å². The van der Waals surface area contributed by atoms with Gasteiger partial charge in [0.1, 0.15) is 11.3 Å². The van der Waals surface area contributed by atoms with E-state index in [-0.39, 0.29) is 16.9 Å². The number of nitrogens with zero attached hydrogens (tertiary/aromatic N) is 3.